The molecule has 1 nitrogen and oxygen atoms in total. The van der Waals surface area contributed by atoms with Crippen molar-refractivity contribution in [3.8, 4) is 11.8 Å². The molecule has 0 aromatic carbocycles. The first-order valence-electron chi connectivity index (χ1n) is 4.90. The molecule has 1 N–H and O–H groups in total. The van der Waals surface area contributed by atoms with Gasteiger partial charge in [0.1, 0.15) is 0 Å². The molecule has 1 rings (SSSR count). The lowest BCUT2D eigenvalue weighted by Gasteiger charge is -2.12. The van der Waals surface area contributed by atoms with E-state index in [-0.39, 0.29) is 6.10 Å². The van der Waals surface area contributed by atoms with Crippen LogP contribution in [0, 0.1) is 17.8 Å². The van der Waals surface area contributed by atoms with Gasteiger partial charge in [-0.05, 0) is 32.1 Å². The Morgan fingerprint density at radius 1 is 1.33 bits per heavy atom. The van der Waals surface area contributed by atoms with Gasteiger partial charge in [-0.2, -0.15) is 0 Å². The quantitative estimate of drug-likeness (QED) is 0.468. The van der Waals surface area contributed by atoms with Crippen LogP contribution in [-0.2, 0) is 0 Å². The molecule has 0 radical (unpaired) electrons. The Kier molecular flexibility index (Phi) is 4.18. The topological polar surface area (TPSA) is 20.2 Å². The maximum Gasteiger partial charge on any atom is 0.0543 e. The summed E-state index contributed by atoms with van der Waals surface area (Å²) in [5, 5.41) is 9.51. The minimum absolute atomic E-state index is 0.0591. The number of hydrogen-bond acceptors (Lipinski definition) is 1. The van der Waals surface area contributed by atoms with Crippen LogP contribution in [-0.4, -0.2) is 11.2 Å². The monoisotopic (exact) mass is 166 g/mol. The molecule has 0 bridgehead atoms. The maximum absolute atomic E-state index is 9.51. The average Bonchev–Trinajstić information content (AvgIpc) is 2.26. The van der Waals surface area contributed by atoms with Gasteiger partial charge in [0, 0.05) is 6.42 Å². The number of aliphatic hydroxyl groups is 1. The molecule has 68 valence electrons. The highest BCUT2D eigenvalue weighted by Crippen LogP contribution is 2.25. The average molecular weight is 166 g/mol. The summed E-state index contributed by atoms with van der Waals surface area (Å²) < 4.78 is 0. The van der Waals surface area contributed by atoms with E-state index >= 15 is 0 Å². The molecule has 0 aromatic heterocycles. The van der Waals surface area contributed by atoms with Gasteiger partial charge in [-0.15, -0.1) is 11.8 Å². The van der Waals surface area contributed by atoms with Crippen LogP contribution in [0.5, 0.6) is 0 Å². The number of hydrogen-bond donors (Lipinski definition) is 1. The lowest BCUT2D eigenvalue weighted by molar-refractivity contribution is 0.142. The molecule has 1 heteroatoms. The van der Waals surface area contributed by atoms with Gasteiger partial charge in [0.05, 0.1) is 6.10 Å². The summed E-state index contributed by atoms with van der Waals surface area (Å²) in [5.41, 5.74) is 0. The molecule has 0 heterocycles. The summed E-state index contributed by atoms with van der Waals surface area (Å²) in [4.78, 5) is 0. The van der Waals surface area contributed by atoms with Gasteiger partial charge in [0.2, 0.25) is 0 Å². The molecule has 1 fully saturated rings. The Hall–Kier alpha value is -0.480. The van der Waals surface area contributed by atoms with E-state index < -0.39 is 0 Å². The van der Waals surface area contributed by atoms with E-state index in [9.17, 15) is 5.11 Å². The Balaban J connectivity index is 2.34. The fraction of sp³-hybridized carbons (Fsp3) is 0.818. The van der Waals surface area contributed by atoms with Gasteiger partial charge in [0.15, 0.2) is 0 Å². The van der Waals surface area contributed by atoms with Crippen LogP contribution in [0.1, 0.15) is 45.4 Å². The zero-order valence-electron chi connectivity index (χ0n) is 7.84. The van der Waals surface area contributed by atoms with Gasteiger partial charge in [-0.1, -0.05) is 12.8 Å². The van der Waals surface area contributed by atoms with E-state index in [2.05, 4.69) is 11.8 Å². The number of rotatable bonds is 1. The van der Waals surface area contributed by atoms with Crippen LogP contribution < -0.4 is 0 Å². The minimum atomic E-state index is -0.0591. The molecular weight excluding hydrogens is 148 g/mol. The standard InChI is InChI=1S/C11H18O/c1-2-3-6-10-7-4-5-8-11(12)9-10/h10-12H,4-9H2,1H3. The predicted octanol–water partition coefficient (Wildman–Crippen LogP) is 2.34. The Morgan fingerprint density at radius 3 is 2.83 bits per heavy atom. The van der Waals surface area contributed by atoms with Crippen molar-refractivity contribution >= 4 is 0 Å². The van der Waals surface area contributed by atoms with Crippen molar-refractivity contribution in [1.29, 1.82) is 0 Å². The van der Waals surface area contributed by atoms with E-state index in [1.807, 2.05) is 6.92 Å². The van der Waals surface area contributed by atoms with Gasteiger partial charge in [-0.25, -0.2) is 0 Å². The van der Waals surface area contributed by atoms with Crippen LogP contribution in [0.2, 0.25) is 0 Å². The first-order chi connectivity index (χ1) is 5.83. The van der Waals surface area contributed by atoms with Crippen LogP contribution in [0.3, 0.4) is 0 Å². The molecular formula is C11H18O. The van der Waals surface area contributed by atoms with Gasteiger partial charge in [-0.3, -0.25) is 0 Å². The van der Waals surface area contributed by atoms with Crippen molar-refractivity contribution in [3.63, 3.8) is 0 Å². The van der Waals surface area contributed by atoms with E-state index in [1.54, 1.807) is 0 Å². The van der Waals surface area contributed by atoms with Crippen LogP contribution in [0.25, 0.3) is 0 Å². The van der Waals surface area contributed by atoms with Gasteiger partial charge >= 0.3 is 0 Å². The summed E-state index contributed by atoms with van der Waals surface area (Å²) >= 11 is 0. The fourth-order valence-corrected chi connectivity index (χ4v) is 1.87. The fourth-order valence-electron chi connectivity index (χ4n) is 1.87. The molecule has 12 heavy (non-hydrogen) atoms. The maximum atomic E-state index is 9.51. The smallest absolute Gasteiger partial charge is 0.0543 e. The summed E-state index contributed by atoms with van der Waals surface area (Å²) in [7, 11) is 0. The van der Waals surface area contributed by atoms with Gasteiger partial charge < -0.3 is 5.11 Å². The van der Waals surface area contributed by atoms with Crippen LogP contribution in [0.15, 0.2) is 0 Å². The first-order valence-corrected chi connectivity index (χ1v) is 4.90. The van der Waals surface area contributed by atoms with Gasteiger partial charge in [0.25, 0.3) is 0 Å². The molecule has 2 atom stereocenters. The highest BCUT2D eigenvalue weighted by Gasteiger charge is 2.16. The van der Waals surface area contributed by atoms with E-state index in [4.69, 9.17) is 0 Å². The Morgan fingerprint density at radius 2 is 2.08 bits per heavy atom. The lowest BCUT2D eigenvalue weighted by Crippen LogP contribution is -2.09. The summed E-state index contributed by atoms with van der Waals surface area (Å²) in [6.45, 7) is 1.88. The third kappa shape index (κ3) is 3.28. The normalized spacial score (nSPS) is 30.2. The molecule has 0 saturated heterocycles. The second-order valence-corrected chi connectivity index (χ2v) is 3.67. The van der Waals surface area contributed by atoms with Crippen LogP contribution >= 0.6 is 0 Å². The van der Waals surface area contributed by atoms with Crippen molar-refractivity contribution in [2.24, 2.45) is 5.92 Å². The van der Waals surface area contributed by atoms with Crippen molar-refractivity contribution in [2.75, 3.05) is 0 Å². The molecule has 0 spiro atoms. The second-order valence-electron chi connectivity index (χ2n) is 3.67. The van der Waals surface area contributed by atoms with E-state index in [1.165, 1.54) is 19.3 Å². The molecule has 1 aliphatic rings. The minimum Gasteiger partial charge on any atom is -0.393 e. The largest absolute Gasteiger partial charge is 0.393 e. The Bertz CT molecular complexity index is 175. The second kappa shape index (κ2) is 5.22. The SMILES string of the molecule is CC#CCC1CCCCC(O)C1. The van der Waals surface area contributed by atoms with Crippen molar-refractivity contribution < 1.29 is 5.11 Å². The number of aliphatic hydroxyl groups excluding tert-OH is 1. The summed E-state index contributed by atoms with van der Waals surface area (Å²) in [6, 6.07) is 0. The lowest BCUT2D eigenvalue weighted by atomic mass is 9.96. The molecule has 1 aliphatic carbocycles. The zero-order valence-corrected chi connectivity index (χ0v) is 7.84. The van der Waals surface area contributed by atoms with Crippen molar-refractivity contribution in [2.45, 2.75) is 51.6 Å². The third-order valence-corrected chi connectivity index (χ3v) is 2.57. The van der Waals surface area contributed by atoms with Crippen molar-refractivity contribution in [1.82, 2.24) is 0 Å². The summed E-state index contributed by atoms with van der Waals surface area (Å²) in [6.07, 6.45) is 6.60. The molecule has 0 aromatic rings. The van der Waals surface area contributed by atoms with Crippen molar-refractivity contribution in [3.05, 3.63) is 0 Å². The highest BCUT2D eigenvalue weighted by molar-refractivity contribution is 4.96. The predicted molar refractivity (Wildman–Crippen MR) is 50.6 cm³/mol. The molecule has 0 amide bonds. The molecule has 0 aliphatic heterocycles. The van der Waals surface area contributed by atoms with Crippen LogP contribution in [0.4, 0.5) is 0 Å². The first kappa shape index (κ1) is 9.61. The van der Waals surface area contributed by atoms with E-state index in [0.717, 1.165) is 19.3 Å². The molecule has 1 saturated carbocycles. The zero-order chi connectivity index (χ0) is 8.81. The van der Waals surface area contributed by atoms with E-state index in [0.29, 0.717) is 5.92 Å². The highest BCUT2D eigenvalue weighted by atomic mass is 16.3. The Labute approximate surface area is 75.2 Å². The molecule has 2 unspecified atom stereocenters. The summed E-state index contributed by atoms with van der Waals surface area (Å²) in [5.74, 6) is 6.67. The third-order valence-electron chi connectivity index (χ3n) is 2.57.